The van der Waals surface area contributed by atoms with Crippen LogP contribution in [0.2, 0.25) is 10.0 Å². The maximum absolute atomic E-state index is 12.2. The van der Waals surface area contributed by atoms with Crippen molar-refractivity contribution in [2.24, 2.45) is 5.92 Å². The zero-order valence-corrected chi connectivity index (χ0v) is 13.1. The molecule has 0 aliphatic heterocycles. The van der Waals surface area contributed by atoms with Crippen molar-refractivity contribution in [2.75, 3.05) is 6.61 Å². The Bertz CT molecular complexity index is 534. The standard InChI is InChI=1S/C12H17Cl2NO3S/c1-3-8(2)10(7-16)15-19(17,18)11-6-4-5-9(13)12(11)14/h4-6,8,10,15-16H,3,7H2,1-2H3. The predicted molar refractivity (Wildman–Crippen MR) is 77.1 cm³/mol. The van der Waals surface area contributed by atoms with Crippen molar-refractivity contribution >= 4 is 33.2 Å². The summed E-state index contributed by atoms with van der Waals surface area (Å²) in [6, 6.07) is 3.85. The highest BCUT2D eigenvalue weighted by Gasteiger charge is 2.25. The molecule has 0 spiro atoms. The molecule has 1 aromatic rings. The highest BCUT2D eigenvalue weighted by atomic mass is 35.5. The molecule has 2 N–H and O–H groups in total. The van der Waals surface area contributed by atoms with Gasteiger partial charge in [-0.1, -0.05) is 49.5 Å². The molecule has 0 aliphatic carbocycles. The molecular weight excluding hydrogens is 309 g/mol. The topological polar surface area (TPSA) is 66.4 Å². The van der Waals surface area contributed by atoms with Crippen molar-refractivity contribution in [1.29, 1.82) is 0 Å². The van der Waals surface area contributed by atoms with Crippen LogP contribution < -0.4 is 4.72 Å². The lowest BCUT2D eigenvalue weighted by Gasteiger charge is -2.22. The van der Waals surface area contributed by atoms with E-state index in [-0.39, 0.29) is 27.5 Å². The Morgan fingerprint density at radius 2 is 2.00 bits per heavy atom. The first-order valence-corrected chi connectivity index (χ1v) is 8.14. The molecule has 0 radical (unpaired) electrons. The highest BCUT2D eigenvalue weighted by Crippen LogP contribution is 2.29. The molecular formula is C12H17Cl2NO3S. The molecule has 0 saturated heterocycles. The quantitative estimate of drug-likeness (QED) is 0.845. The minimum atomic E-state index is -3.81. The van der Waals surface area contributed by atoms with Crippen LogP contribution in [-0.4, -0.2) is 26.2 Å². The maximum atomic E-state index is 12.2. The molecule has 1 aromatic carbocycles. The van der Waals surface area contributed by atoms with E-state index in [4.69, 9.17) is 23.2 Å². The number of hydrogen-bond acceptors (Lipinski definition) is 3. The molecule has 0 amide bonds. The highest BCUT2D eigenvalue weighted by molar-refractivity contribution is 7.89. The van der Waals surface area contributed by atoms with Gasteiger partial charge in [0.1, 0.15) is 4.90 Å². The zero-order valence-electron chi connectivity index (χ0n) is 10.7. The van der Waals surface area contributed by atoms with Crippen LogP contribution in [0, 0.1) is 5.92 Å². The van der Waals surface area contributed by atoms with E-state index in [1.807, 2.05) is 13.8 Å². The van der Waals surface area contributed by atoms with Gasteiger partial charge in [0.25, 0.3) is 0 Å². The summed E-state index contributed by atoms with van der Waals surface area (Å²) in [6.07, 6.45) is 0.747. The number of hydrogen-bond donors (Lipinski definition) is 2. The third-order valence-electron chi connectivity index (χ3n) is 3.04. The normalized spacial score (nSPS) is 15.2. The lowest BCUT2D eigenvalue weighted by Crippen LogP contribution is -2.41. The van der Waals surface area contributed by atoms with Gasteiger partial charge in [-0.25, -0.2) is 13.1 Å². The summed E-state index contributed by atoms with van der Waals surface area (Å²) in [6.45, 7) is 3.52. The molecule has 2 atom stereocenters. The van der Waals surface area contributed by atoms with Crippen LogP contribution >= 0.6 is 23.2 Å². The summed E-state index contributed by atoms with van der Waals surface area (Å²) in [5.41, 5.74) is 0. The molecule has 0 bridgehead atoms. The van der Waals surface area contributed by atoms with Gasteiger partial charge in [-0.2, -0.15) is 0 Å². The second-order valence-corrected chi connectivity index (χ2v) is 6.82. The van der Waals surface area contributed by atoms with E-state index in [0.717, 1.165) is 6.42 Å². The van der Waals surface area contributed by atoms with Crippen molar-refractivity contribution < 1.29 is 13.5 Å². The number of halogens is 2. The Morgan fingerprint density at radius 3 is 2.53 bits per heavy atom. The Morgan fingerprint density at radius 1 is 1.37 bits per heavy atom. The van der Waals surface area contributed by atoms with Gasteiger partial charge in [0.05, 0.1) is 16.7 Å². The van der Waals surface area contributed by atoms with E-state index in [1.54, 1.807) is 0 Å². The van der Waals surface area contributed by atoms with Crippen molar-refractivity contribution in [3.8, 4) is 0 Å². The van der Waals surface area contributed by atoms with E-state index < -0.39 is 16.1 Å². The fraction of sp³-hybridized carbons (Fsp3) is 0.500. The van der Waals surface area contributed by atoms with Crippen molar-refractivity contribution in [3.05, 3.63) is 28.2 Å². The van der Waals surface area contributed by atoms with Crippen LogP contribution in [0.4, 0.5) is 0 Å². The summed E-state index contributed by atoms with van der Waals surface area (Å²) in [7, 11) is -3.81. The number of sulfonamides is 1. The van der Waals surface area contributed by atoms with E-state index in [9.17, 15) is 13.5 Å². The fourth-order valence-electron chi connectivity index (χ4n) is 1.57. The fourth-order valence-corrected chi connectivity index (χ4v) is 3.67. The van der Waals surface area contributed by atoms with Crippen molar-refractivity contribution in [1.82, 2.24) is 4.72 Å². The van der Waals surface area contributed by atoms with Gasteiger partial charge in [-0.3, -0.25) is 0 Å². The Kier molecular flexibility index (Phi) is 6.08. The van der Waals surface area contributed by atoms with Crippen LogP contribution in [0.3, 0.4) is 0 Å². The lowest BCUT2D eigenvalue weighted by molar-refractivity contribution is 0.219. The molecule has 0 aromatic heterocycles. The average Bonchev–Trinajstić information content (AvgIpc) is 2.38. The monoisotopic (exact) mass is 325 g/mol. The summed E-state index contributed by atoms with van der Waals surface area (Å²) in [5, 5.41) is 9.43. The third-order valence-corrected chi connectivity index (χ3v) is 5.50. The molecule has 0 heterocycles. The number of benzene rings is 1. The van der Waals surface area contributed by atoms with Gasteiger partial charge in [-0.15, -0.1) is 0 Å². The molecule has 7 heteroatoms. The zero-order chi connectivity index (χ0) is 14.6. The van der Waals surface area contributed by atoms with Gasteiger partial charge in [-0.05, 0) is 18.1 Å². The van der Waals surface area contributed by atoms with Crippen LogP contribution in [-0.2, 0) is 10.0 Å². The number of nitrogens with one attached hydrogen (secondary N) is 1. The number of aliphatic hydroxyl groups is 1. The van der Waals surface area contributed by atoms with Crippen LogP contribution in [0.1, 0.15) is 20.3 Å². The smallest absolute Gasteiger partial charge is 0.242 e. The van der Waals surface area contributed by atoms with E-state index in [2.05, 4.69) is 4.72 Å². The summed E-state index contributed by atoms with van der Waals surface area (Å²) >= 11 is 11.7. The van der Waals surface area contributed by atoms with Gasteiger partial charge in [0.15, 0.2) is 0 Å². The second kappa shape index (κ2) is 6.90. The Labute approximate surface area is 123 Å². The molecule has 19 heavy (non-hydrogen) atoms. The molecule has 2 unspecified atom stereocenters. The average molecular weight is 326 g/mol. The maximum Gasteiger partial charge on any atom is 0.242 e. The molecule has 0 fully saturated rings. The van der Waals surface area contributed by atoms with Crippen molar-refractivity contribution in [2.45, 2.75) is 31.2 Å². The molecule has 0 aliphatic rings. The van der Waals surface area contributed by atoms with Crippen LogP contribution in [0.25, 0.3) is 0 Å². The van der Waals surface area contributed by atoms with Crippen LogP contribution in [0.5, 0.6) is 0 Å². The van der Waals surface area contributed by atoms with E-state index in [0.29, 0.717) is 0 Å². The van der Waals surface area contributed by atoms with Crippen LogP contribution in [0.15, 0.2) is 23.1 Å². The number of aliphatic hydroxyl groups excluding tert-OH is 1. The molecule has 0 saturated carbocycles. The first kappa shape index (κ1) is 16.7. The third kappa shape index (κ3) is 4.07. The SMILES string of the molecule is CCC(C)C(CO)NS(=O)(=O)c1cccc(Cl)c1Cl. The summed E-state index contributed by atoms with van der Waals surface area (Å²) < 4.78 is 26.9. The second-order valence-electron chi connectivity index (χ2n) is 4.35. The number of rotatable bonds is 6. The Hall–Kier alpha value is -0.330. The van der Waals surface area contributed by atoms with Gasteiger partial charge in [0, 0.05) is 6.04 Å². The summed E-state index contributed by atoms with van der Waals surface area (Å²) in [4.78, 5) is -0.0802. The minimum absolute atomic E-state index is 0.0118. The Balaban J connectivity index is 3.07. The van der Waals surface area contributed by atoms with Gasteiger partial charge < -0.3 is 5.11 Å². The minimum Gasteiger partial charge on any atom is -0.395 e. The molecule has 4 nitrogen and oxygen atoms in total. The summed E-state index contributed by atoms with van der Waals surface area (Å²) in [5.74, 6) is 0.0118. The first-order valence-electron chi connectivity index (χ1n) is 5.90. The van der Waals surface area contributed by atoms with Crippen molar-refractivity contribution in [3.63, 3.8) is 0 Å². The molecule has 108 valence electrons. The largest absolute Gasteiger partial charge is 0.395 e. The lowest BCUT2D eigenvalue weighted by atomic mass is 10.0. The molecule has 1 rings (SSSR count). The van der Waals surface area contributed by atoms with E-state index in [1.165, 1.54) is 18.2 Å². The van der Waals surface area contributed by atoms with Gasteiger partial charge >= 0.3 is 0 Å². The van der Waals surface area contributed by atoms with E-state index >= 15 is 0 Å². The first-order chi connectivity index (χ1) is 8.83. The van der Waals surface area contributed by atoms with Gasteiger partial charge in [0.2, 0.25) is 10.0 Å². The predicted octanol–water partition coefficient (Wildman–Crippen LogP) is 2.68.